The maximum Gasteiger partial charge on any atom is 0.270 e. The summed E-state index contributed by atoms with van der Waals surface area (Å²) in [5.74, 6) is 0.282. The summed E-state index contributed by atoms with van der Waals surface area (Å²) in [6.45, 7) is 2.43. The summed E-state index contributed by atoms with van der Waals surface area (Å²) in [6.07, 6.45) is 7.37. The lowest BCUT2D eigenvalue weighted by Crippen LogP contribution is -2.53. The van der Waals surface area contributed by atoms with Gasteiger partial charge in [-0.25, -0.2) is 4.68 Å². The van der Waals surface area contributed by atoms with Crippen molar-refractivity contribution in [3.8, 4) is 5.69 Å². The van der Waals surface area contributed by atoms with E-state index in [4.69, 9.17) is 5.73 Å². The molecule has 3 N–H and O–H groups in total. The van der Waals surface area contributed by atoms with Crippen LogP contribution in [0.3, 0.4) is 0 Å². The van der Waals surface area contributed by atoms with E-state index < -0.39 is 0 Å². The van der Waals surface area contributed by atoms with Crippen LogP contribution in [0.15, 0.2) is 36.8 Å². The van der Waals surface area contributed by atoms with Gasteiger partial charge in [-0.15, -0.1) is 0 Å². The van der Waals surface area contributed by atoms with Crippen molar-refractivity contribution in [2.45, 2.75) is 25.3 Å². The van der Waals surface area contributed by atoms with Crippen LogP contribution in [0.25, 0.3) is 5.69 Å². The van der Waals surface area contributed by atoms with Crippen molar-refractivity contribution in [3.05, 3.63) is 42.5 Å². The number of aromatic nitrogens is 3. The van der Waals surface area contributed by atoms with Crippen molar-refractivity contribution in [1.82, 2.24) is 20.1 Å². The largest absolute Gasteiger partial charge is 0.344 e. The van der Waals surface area contributed by atoms with Gasteiger partial charge in [-0.1, -0.05) is 0 Å². The van der Waals surface area contributed by atoms with E-state index in [2.05, 4.69) is 15.4 Å². The first-order chi connectivity index (χ1) is 10.1. The number of amides is 1. The van der Waals surface area contributed by atoms with Gasteiger partial charge in [0.05, 0.1) is 11.2 Å². The molecule has 0 radical (unpaired) electrons. The highest BCUT2D eigenvalue weighted by Crippen LogP contribution is 2.39. The van der Waals surface area contributed by atoms with Gasteiger partial charge in [0.2, 0.25) is 0 Å². The third-order valence-electron chi connectivity index (χ3n) is 4.05. The predicted octanol–water partition coefficient (Wildman–Crippen LogP) is 1.12. The van der Waals surface area contributed by atoms with Crippen molar-refractivity contribution >= 4 is 5.91 Å². The molecule has 0 spiro atoms. The van der Waals surface area contributed by atoms with E-state index in [0.29, 0.717) is 18.2 Å². The average Bonchev–Trinajstić information content (AvgIpc) is 3.23. The molecule has 21 heavy (non-hydrogen) atoms. The number of hydrogen-bond donors (Lipinski definition) is 2. The van der Waals surface area contributed by atoms with Gasteiger partial charge >= 0.3 is 0 Å². The minimum absolute atomic E-state index is 0.191. The molecule has 6 nitrogen and oxygen atoms in total. The van der Waals surface area contributed by atoms with Gasteiger partial charge in [0.25, 0.3) is 5.91 Å². The second-order valence-corrected chi connectivity index (χ2v) is 5.70. The zero-order chi connectivity index (χ0) is 14.9. The maximum absolute atomic E-state index is 12.4. The van der Waals surface area contributed by atoms with Crippen LogP contribution in [0, 0.1) is 5.92 Å². The molecular formula is C15H19N5O. The summed E-state index contributed by atoms with van der Waals surface area (Å²) in [7, 11) is 0. The highest BCUT2D eigenvalue weighted by Gasteiger charge is 2.41. The molecule has 0 aliphatic heterocycles. The molecule has 1 atom stereocenters. The number of nitrogens with one attached hydrogen (secondary N) is 1. The predicted molar refractivity (Wildman–Crippen MR) is 79.0 cm³/mol. The van der Waals surface area contributed by atoms with Crippen molar-refractivity contribution in [1.29, 1.82) is 0 Å². The minimum Gasteiger partial charge on any atom is -0.344 e. The lowest BCUT2D eigenvalue weighted by Gasteiger charge is -2.29. The van der Waals surface area contributed by atoms with Gasteiger partial charge in [0.15, 0.2) is 0 Å². The third kappa shape index (κ3) is 2.80. The van der Waals surface area contributed by atoms with Crippen LogP contribution >= 0.6 is 0 Å². The van der Waals surface area contributed by atoms with Gasteiger partial charge in [0, 0.05) is 25.1 Å². The SMILES string of the molecule is CC(CN)(NC(=O)c1cc(-n2cccn2)ccn1)C1CC1. The van der Waals surface area contributed by atoms with Gasteiger partial charge in [-0.2, -0.15) is 5.10 Å². The molecule has 0 saturated heterocycles. The molecule has 1 aliphatic carbocycles. The summed E-state index contributed by atoms with van der Waals surface area (Å²) in [4.78, 5) is 16.6. The quantitative estimate of drug-likeness (QED) is 0.862. The Morgan fingerprint density at radius 2 is 2.33 bits per heavy atom. The molecule has 1 unspecified atom stereocenters. The Morgan fingerprint density at radius 3 is 2.95 bits per heavy atom. The first-order valence-electron chi connectivity index (χ1n) is 7.11. The fourth-order valence-electron chi connectivity index (χ4n) is 2.47. The molecule has 2 aromatic rings. The second-order valence-electron chi connectivity index (χ2n) is 5.70. The average molecular weight is 285 g/mol. The topological polar surface area (TPSA) is 85.8 Å². The number of carbonyl (C=O) groups excluding carboxylic acids is 1. The Hall–Kier alpha value is -2.21. The molecule has 2 heterocycles. The number of rotatable bonds is 5. The molecule has 1 fully saturated rings. The Labute approximate surface area is 123 Å². The standard InChI is InChI=1S/C15H19N5O/c1-15(10-16,11-3-4-11)19-14(21)13-9-12(5-7-17-13)20-8-2-6-18-20/h2,5-9,11H,3-4,10,16H2,1H3,(H,19,21). The highest BCUT2D eigenvalue weighted by atomic mass is 16.2. The Bertz CT molecular complexity index is 635. The van der Waals surface area contributed by atoms with Crippen LogP contribution in [-0.4, -0.2) is 32.8 Å². The summed E-state index contributed by atoms with van der Waals surface area (Å²) in [5.41, 5.74) is 6.67. The first kappa shape index (κ1) is 13.8. The summed E-state index contributed by atoms with van der Waals surface area (Å²) >= 11 is 0. The van der Waals surface area contributed by atoms with Gasteiger partial charge < -0.3 is 11.1 Å². The van der Waals surface area contributed by atoms with Crippen molar-refractivity contribution in [3.63, 3.8) is 0 Å². The zero-order valence-electron chi connectivity index (χ0n) is 12.0. The van der Waals surface area contributed by atoms with E-state index in [-0.39, 0.29) is 11.4 Å². The summed E-state index contributed by atoms with van der Waals surface area (Å²) in [6, 6.07) is 5.37. The summed E-state index contributed by atoms with van der Waals surface area (Å²) < 4.78 is 1.70. The van der Waals surface area contributed by atoms with Crippen molar-refractivity contribution in [2.24, 2.45) is 11.7 Å². The number of nitrogens with two attached hydrogens (primary N) is 1. The Balaban J connectivity index is 1.80. The van der Waals surface area contributed by atoms with Crippen LogP contribution in [-0.2, 0) is 0 Å². The smallest absolute Gasteiger partial charge is 0.270 e. The molecule has 1 aliphatic rings. The van der Waals surface area contributed by atoms with E-state index >= 15 is 0 Å². The number of pyridine rings is 1. The van der Waals surface area contributed by atoms with Gasteiger partial charge in [0.1, 0.15) is 5.69 Å². The first-order valence-corrected chi connectivity index (χ1v) is 7.11. The molecule has 110 valence electrons. The van der Waals surface area contributed by atoms with E-state index in [1.807, 2.05) is 25.3 Å². The highest BCUT2D eigenvalue weighted by molar-refractivity contribution is 5.93. The van der Waals surface area contributed by atoms with Gasteiger partial charge in [-0.3, -0.25) is 9.78 Å². The van der Waals surface area contributed by atoms with E-state index in [1.54, 1.807) is 23.1 Å². The van der Waals surface area contributed by atoms with E-state index in [9.17, 15) is 4.79 Å². The molecule has 1 amide bonds. The number of nitrogens with zero attached hydrogens (tertiary/aromatic N) is 3. The number of carbonyl (C=O) groups is 1. The molecule has 0 bridgehead atoms. The fourth-order valence-corrected chi connectivity index (χ4v) is 2.47. The Morgan fingerprint density at radius 1 is 1.52 bits per heavy atom. The molecule has 1 saturated carbocycles. The maximum atomic E-state index is 12.4. The molecule has 3 rings (SSSR count). The molecule has 0 aromatic carbocycles. The minimum atomic E-state index is -0.347. The second kappa shape index (κ2) is 5.29. The molecule has 2 aromatic heterocycles. The molecular weight excluding hydrogens is 266 g/mol. The third-order valence-corrected chi connectivity index (χ3v) is 4.05. The monoisotopic (exact) mass is 285 g/mol. The normalized spacial score (nSPS) is 17.2. The summed E-state index contributed by atoms with van der Waals surface area (Å²) in [5, 5.41) is 7.19. The van der Waals surface area contributed by atoms with Crippen LogP contribution in [0.1, 0.15) is 30.3 Å². The lowest BCUT2D eigenvalue weighted by atomic mass is 9.96. The van der Waals surface area contributed by atoms with Crippen molar-refractivity contribution in [2.75, 3.05) is 6.54 Å². The van der Waals surface area contributed by atoms with Crippen molar-refractivity contribution < 1.29 is 4.79 Å². The van der Waals surface area contributed by atoms with E-state index in [0.717, 1.165) is 18.5 Å². The zero-order valence-corrected chi connectivity index (χ0v) is 12.0. The van der Waals surface area contributed by atoms with Crippen LogP contribution < -0.4 is 11.1 Å². The fraction of sp³-hybridized carbons (Fsp3) is 0.400. The van der Waals surface area contributed by atoms with Crippen LogP contribution in [0.2, 0.25) is 0 Å². The lowest BCUT2D eigenvalue weighted by molar-refractivity contribution is 0.0892. The van der Waals surface area contributed by atoms with Gasteiger partial charge in [-0.05, 0) is 43.9 Å². The van der Waals surface area contributed by atoms with Crippen LogP contribution in [0.5, 0.6) is 0 Å². The number of hydrogen-bond acceptors (Lipinski definition) is 4. The van der Waals surface area contributed by atoms with E-state index in [1.165, 1.54) is 0 Å². The molecule has 6 heteroatoms. The van der Waals surface area contributed by atoms with Crippen LogP contribution in [0.4, 0.5) is 0 Å². The Kier molecular flexibility index (Phi) is 3.47.